The Kier molecular flexibility index (Phi) is 4.71. The van der Waals surface area contributed by atoms with E-state index in [9.17, 15) is 0 Å². The third-order valence-corrected chi connectivity index (χ3v) is 3.59. The minimum Gasteiger partial charge on any atom is -0.372 e. The molecule has 1 aromatic carbocycles. The van der Waals surface area contributed by atoms with Gasteiger partial charge in [-0.1, -0.05) is 39.1 Å². The summed E-state index contributed by atoms with van der Waals surface area (Å²) < 4.78 is 0.825. The van der Waals surface area contributed by atoms with Gasteiger partial charge in [0.15, 0.2) is 5.82 Å². The molecule has 7 heteroatoms. The molecule has 0 radical (unpaired) electrons. The first-order valence-corrected chi connectivity index (χ1v) is 7.10. The third kappa shape index (κ3) is 3.15. The van der Waals surface area contributed by atoms with E-state index < -0.39 is 0 Å². The van der Waals surface area contributed by atoms with E-state index in [1.807, 2.05) is 6.07 Å². The first-order valence-electron chi connectivity index (χ1n) is 5.55. The number of anilines is 3. The van der Waals surface area contributed by atoms with Crippen molar-refractivity contribution < 1.29 is 0 Å². The highest BCUT2D eigenvalue weighted by atomic mass is 79.9. The zero-order chi connectivity index (χ0) is 14.7. The lowest BCUT2D eigenvalue weighted by atomic mass is 10.2. The van der Waals surface area contributed by atoms with E-state index in [4.69, 9.17) is 28.5 Å². The second-order valence-corrected chi connectivity index (χ2v) is 5.56. The van der Waals surface area contributed by atoms with Crippen LogP contribution in [-0.4, -0.2) is 12.0 Å². The summed E-state index contributed by atoms with van der Waals surface area (Å²) in [6.45, 7) is 0. The van der Waals surface area contributed by atoms with Crippen LogP contribution in [0.25, 0.3) is 0 Å². The van der Waals surface area contributed by atoms with Gasteiger partial charge >= 0.3 is 0 Å². The standard InChI is InChI=1S/C13H9BrCl2N4/c1-18-12-9(15)5-10(16)13(20-12)19-11-3-2-8(14)4-7(11)6-17/h2-5H,1H3,(H2,18,19,20). The number of hydrogen-bond donors (Lipinski definition) is 2. The quantitative estimate of drug-likeness (QED) is 0.812. The maximum absolute atomic E-state index is 9.14. The van der Waals surface area contributed by atoms with Crippen molar-refractivity contribution in [1.82, 2.24) is 4.98 Å². The Morgan fingerprint density at radius 3 is 2.55 bits per heavy atom. The average Bonchev–Trinajstić information content (AvgIpc) is 2.43. The van der Waals surface area contributed by atoms with Gasteiger partial charge in [-0.15, -0.1) is 0 Å². The minimum atomic E-state index is 0.376. The summed E-state index contributed by atoms with van der Waals surface area (Å²) >= 11 is 15.4. The van der Waals surface area contributed by atoms with Crippen molar-refractivity contribution in [3.05, 3.63) is 44.3 Å². The van der Waals surface area contributed by atoms with Crippen LogP contribution in [0.3, 0.4) is 0 Å². The Labute approximate surface area is 134 Å². The van der Waals surface area contributed by atoms with Gasteiger partial charge in [0.2, 0.25) is 0 Å². The maximum atomic E-state index is 9.14. The molecule has 2 rings (SSSR count). The first-order chi connectivity index (χ1) is 9.55. The fourth-order valence-corrected chi connectivity index (χ4v) is 2.44. The lowest BCUT2D eigenvalue weighted by Gasteiger charge is -2.12. The molecule has 0 aliphatic rings. The van der Waals surface area contributed by atoms with Crippen molar-refractivity contribution in [1.29, 1.82) is 5.26 Å². The van der Waals surface area contributed by atoms with Crippen LogP contribution in [0.2, 0.25) is 10.0 Å². The second kappa shape index (κ2) is 6.31. The van der Waals surface area contributed by atoms with Crippen LogP contribution in [-0.2, 0) is 0 Å². The van der Waals surface area contributed by atoms with Gasteiger partial charge in [0.25, 0.3) is 0 Å². The van der Waals surface area contributed by atoms with E-state index in [0.29, 0.717) is 32.9 Å². The molecule has 2 N–H and O–H groups in total. The monoisotopic (exact) mass is 370 g/mol. The molecule has 0 amide bonds. The number of pyridine rings is 1. The smallest absolute Gasteiger partial charge is 0.151 e. The Morgan fingerprint density at radius 1 is 1.20 bits per heavy atom. The summed E-state index contributed by atoms with van der Waals surface area (Å²) in [6.07, 6.45) is 0. The molecule has 0 spiro atoms. The number of hydrogen-bond acceptors (Lipinski definition) is 4. The van der Waals surface area contributed by atoms with Crippen molar-refractivity contribution in [2.24, 2.45) is 0 Å². The second-order valence-electron chi connectivity index (χ2n) is 3.83. The molecule has 0 fully saturated rings. The van der Waals surface area contributed by atoms with Crippen molar-refractivity contribution >= 4 is 56.5 Å². The summed E-state index contributed by atoms with van der Waals surface area (Å²) in [7, 11) is 1.71. The fourth-order valence-electron chi connectivity index (χ4n) is 1.58. The Balaban J connectivity index is 2.43. The third-order valence-electron chi connectivity index (χ3n) is 2.52. The van der Waals surface area contributed by atoms with Crippen molar-refractivity contribution in [3.8, 4) is 6.07 Å². The Bertz CT molecular complexity index is 698. The molecule has 1 aromatic heterocycles. The van der Waals surface area contributed by atoms with E-state index in [1.54, 1.807) is 25.2 Å². The van der Waals surface area contributed by atoms with E-state index >= 15 is 0 Å². The van der Waals surface area contributed by atoms with E-state index in [0.717, 1.165) is 4.47 Å². The van der Waals surface area contributed by atoms with Gasteiger partial charge in [0, 0.05) is 11.5 Å². The molecule has 0 saturated heterocycles. The van der Waals surface area contributed by atoms with Gasteiger partial charge in [-0.3, -0.25) is 0 Å². The van der Waals surface area contributed by atoms with Crippen LogP contribution in [0.4, 0.5) is 17.3 Å². The predicted octanol–water partition coefficient (Wildman–Crippen LogP) is 4.81. The largest absolute Gasteiger partial charge is 0.372 e. The van der Waals surface area contributed by atoms with Crippen LogP contribution < -0.4 is 10.6 Å². The molecule has 1 heterocycles. The number of aromatic nitrogens is 1. The summed E-state index contributed by atoms with van der Waals surface area (Å²) in [5.74, 6) is 0.938. The Morgan fingerprint density at radius 2 is 1.90 bits per heavy atom. The normalized spacial score (nSPS) is 9.95. The van der Waals surface area contributed by atoms with Gasteiger partial charge in [0.05, 0.1) is 21.3 Å². The van der Waals surface area contributed by atoms with Gasteiger partial charge in [-0.25, -0.2) is 4.98 Å². The SMILES string of the molecule is CNc1nc(Nc2ccc(Br)cc2C#N)c(Cl)cc1Cl. The first kappa shape index (κ1) is 14.9. The van der Waals surface area contributed by atoms with Crippen molar-refractivity contribution in [2.45, 2.75) is 0 Å². The number of halogens is 3. The van der Waals surface area contributed by atoms with Crippen LogP contribution in [0, 0.1) is 11.3 Å². The highest BCUT2D eigenvalue weighted by Crippen LogP contribution is 2.32. The molecule has 4 nitrogen and oxygen atoms in total. The molecule has 0 aliphatic carbocycles. The molecule has 0 aliphatic heterocycles. The topological polar surface area (TPSA) is 60.7 Å². The van der Waals surface area contributed by atoms with Crippen LogP contribution in [0.5, 0.6) is 0 Å². The van der Waals surface area contributed by atoms with Crippen molar-refractivity contribution in [2.75, 3.05) is 17.7 Å². The van der Waals surface area contributed by atoms with Gasteiger partial charge < -0.3 is 10.6 Å². The fraction of sp³-hybridized carbons (Fsp3) is 0.0769. The number of nitrogens with one attached hydrogen (secondary N) is 2. The zero-order valence-corrected chi connectivity index (χ0v) is 13.4. The van der Waals surface area contributed by atoms with E-state index in [1.165, 1.54) is 0 Å². The molecular formula is C13H9BrCl2N4. The number of rotatable bonds is 3. The van der Waals surface area contributed by atoms with Gasteiger partial charge in [-0.05, 0) is 24.3 Å². The lowest BCUT2D eigenvalue weighted by Crippen LogP contribution is -2.01. The highest BCUT2D eigenvalue weighted by Gasteiger charge is 2.10. The average molecular weight is 372 g/mol. The molecular weight excluding hydrogens is 363 g/mol. The molecule has 102 valence electrons. The van der Waals surface area contributed by atoms with Crippen LogP contribution >= 0.6 is 39.1 Å². The summed E-state index contributed by atoms with van der Waals surface area (Å²) in [4.78, 5) is 4.28. The summed E-state index contributed by atoms with van der Waals surface area (Å²) in [5.41, 5.74) is 1.10. The molecule has 0 atom stereocenters. The maximum Gasteiger partial charge on any atom is 0.151 e. The van der Waals surface area contributed by atoms with E-state index in [-0.39, 0.29) is 0 Å². The molecule has 2 aromatic rings. The van der Waals surface area contributed by atoms with E-state index in [2.05, 4.69) is 37.6 Å². The predicted molar refractivity (Wildman–Crippen MR) is 85.9 cm³/mol. The Hall–Kier alpha value is -1.48. The lowest BCUT2D eigenvalue weighted by molar-refractivity contribution is 1.27. The summed E-state index contributed by atoms with van der Waals surface area (Å²) in [5, 5.41) is 15.9. The van der Waals surface area contributed by atoms with Gasteiger partial charge in [0.1, 0.15) is 11.9 Å². The molecule has 0 bridgehead atoms. The van der Waals surface area contributed by atoms with Crippen molar-refractivity contribution in [3.63, 3.8) is 0 Å². The summed E-state index contributed by atoms with van der Waals surface area (Å²) in [6, 6.07) is 9.01. The number of benzene rings is 1. The van der Waals surface area contributed by atoms with Gasteiger partial charge in [-0.2, -0.15) is 5.26 Å². The molecule has 0 unspecified atom stereocenters. The number of nitrogens with zero attached hydrogens (tertiary/aromatic N) is 2. The van der Waals surface area contributed by atoms with Crippen LogP contribution in [0.1, 0.15) is 5.56 Å². The highest BCUT2D eigenvalue weighted by molar-refractivity contribution is 9.10. The zero-order valence-electron chi connectivity index (χ0n) is 10.3. The number of nitriles is 1. The van der Waals surface area contributed by atoms with Crippen LogP contribution in [0.15, 0.2) is 28.7 Å². The minimum absolute atomic E-state index is 0.376. The molecule has 20 heavy (non-hydrogen) atoms. The molecule has 0 saturated carbocycles.